The first-order valence-electron chi connectivity index (χ1n) is 15.0. The van der Waals surface area contributed by atoms with Crippen molar-refractivity contribution in [1.82, 2.24) is 19.8 Å². The fourth-order valence-electron chi connectivity index (χ4n) is 6.09. The van der Waals surface area contributed by atoms with Crippen LogP contribution in [0.4, 0.5) is 31.1 Å². The number of sulfonamides is 1. The summed E-state index contributed by atoms with van der Waals surface area (Å²) in [5, 5.41) is 12.2. The summed E-state index contributed by atoms with van der Waals surface area (Å²) >= 11 is 0. The molecule has 1 fully saturated rings. The van der Waals surface area contributed by atoms with Gasteiger partial charge in [-0.3, -0.25) is 9.69 Å². The normalized spacial score (nSPS) is 20.4. The summed E-state index contributed by atoms with van der Waals surface area (Å²) in [6.07, 6.45) is -10.7. The first-order chi connectivity index (χ1) is 21.6. The zero-order chi connectivity index (χ0) is 34.9. The van der Waals surface area contributed by atoms with E-state index in [1.54, 1.807) is 6.07 Å². The number of alkyl halides is 6. The molecule has 0 spiro atoms. The van der Waals surface area contributed by atoms with Gasteiger partial charge in [0.25, 0.3) is 0 Å². The van der Waals surface area contributed by atoms with Crippen LogP contribution < -0.4 is 10.0 Å². The molecule has 1 heterocycles. The molecule has 0 bridgehead atoms. The molecule has 0 aromatic heterocycles. The average molecular weight is 693 g/mol. The number of carbonyl (C=O) groups is 2. The van der Waals surface area contributed by atoms with Gasteiger partial charge in [-0.25, -0.2) is 13.2 Å². The maximum Gasteiger partial charge on any atom is 0.416 e. The molecule has 2 amide bonds. The quantitative estimate of drug-likeness (QED) is 0.305. The Labute approximate surface area is 269 Å². The Morgan fingerprint density at radius 3 is 2.34 bits per heavy atom. The summed E-state index contributed by atoms with van der Waals surface area (Å²) in [6, 6.07) is 4.24. The van der Waals surface area contributed by atoms with E-state index in [4.69, 9.17) is 0 Å². The van der Waals surface area contributed by atoms with E-state index < -0.39 is 63.3 Å². The second-order valence-corrected chi connectivity index (χ2v) is 14.8. The standard InChI is InChI=1S/C31H38F6N4O5S/c1-29(2,3)26-18-40(12-13-41(26)28(43)44)17-19-10-11-23-20(14-19)6-4-9-24(23)38-27(42)16-25(31(35,36)37)39-47(45,46)22-8-5-7-21(15-22)30(32,33)34/h5,7-8,10-11,14-15,24-26,39H,4,6,9,12-13,16-18H2,1-3H3,(H,38,42)(H,43,44)/t24-,25-,26?/m1/s1. The van der Waals surface area contributed by atoms with Gasteiger partial charge in [-0.2, -0.15) is 31.1 Å². The van der Waals surface area contributed by atoms with Gasteiger partial charge in [0, 0.05) is 26.2 Å². The van der Waals surface area contributed by atoms with Crippen LogP contribution >= 0.6 is 0 Å². The molecule has 0 radical (unpaired) electrons. The molecule has 260 valence electrons. The van der Waals surface area contributed by atoms with Gasteiger partial charge in [-0.05, 0) is 59.6 Å². The number of nitrogens with one attached hydrogen (secondary N) is 2. The van der Waals surface area contributed by atoms with Crippen molar-refractivity contribution in [3.63, 3.8) is 0 Å². The molecule has 3 atom stereocenters. The lowest BCUT2D eigenvalue weighted by atomic mass is 9.84. The minimum atomic E-state index is -5.21. The van der Waals surface area contributed by atoms with Crippen molar-refractivity contribution >= 4 is 22.0 Å². The van der Waals surface area contributed by atoms with E-state index in [0.29, 0.717) is 51.5 Å². The number of amides is 2. The van der Waals surface area contributed by atoms with E-state index in [1.165, 1.54) is 9.62 Å². The number of carboxylic acid groups (broad SMARTS) is 1. The smallest absolute Gasteiger partial charge is 0.416 e. The third-order valence-electron chi connectivity index (χ3n) is 8.53. The predicted octanol–water partition coefficient (Wildman–Crippen LogP) is 5.71. The molecule has 2 aromatic rings. The van der Waals surface area contributed by atoms with Gasteiger partial charge in [-0.1, -0.05) is 45.0 Å². The van der Waals surface area contributed by atoms with Crippen LogP contribution in [0.3, 0.4) is 0 Å². The molecule has 1 aliphatic heterocycles. The molecule has 0 saturated carbocycles. The molecule has 2 aliphatic rings. The summed E-state index contributed by atoms with van der Waals surface area (Å²) < 4.78 is 107. The highest BCUT2D eigenvalue weighted by Crippen LogP contribution is 2.34. The number of aryl methyl sites for hydroxylation is 1. The zero-order valence-corrected chi connectivity index (χ0v) is 26.9. The Morgan fingerprint density at radius 2 is 1.72 bits per heavy atom. The molecule has 3 N–H and O–H groups in total. The molecule has 9 nitrogen and oxygen atoms in total. The number of carbonyl (C=O) groups excluding carboxylic acids is 1. The lowest BCUT2D eigenvalue weighted by Gasteiger charge is -2.46. The van der Waals surface area contributed by atoms with Gasteiger partial charge >= 0.3 is 18.4 Å². The Kier molecular flexibility index (Phi) is 10.6. The molecule has 4 rings (SSSR count). The lowest BCUT2D eigenvalue weighted by Crippen LogP contribution is -2.59. The van der Waals surface area contributed by atoms with Crippen LogP contribution in [-0.2, 0) is 34.0 Å². The fraction of sp³-hybridized carbons (Fsp3) is 0.548. The monoisotopic (exact) mass is 692 g/mol. The minimum Gasteiger partial charge on any atom is -0.465 e. The van der Waals surface area contributed by atoms with Crippen LogP contribution in [-0.4, -0.2) is 73.2 Å². The van der Waals surface area contributed by atoms with Crippen LogP contribution in [0, 0.1) is 5.41 Å². The summed E-state index contributed by atoms with van der Waals surface area (Å²) in [6.45, 7) is 8.00. The van der Waals surface area contributed by atoms with E-state index in [1.807, 2.05) is 32.9 Å². The summed E-state index contributed by atoms with van der Waals surface area (Å²) in [5.41, 5.74) is 0.975. The molecule has 1 unspecified atom stereocenters. The van der Waals surface area contributed by atoms with Crippen LogP contribution in [0.2, 0.25) is 0 Å². The largest absolute Gasteiger partial charge is 0.465 e. The first kappa shape index (κ1) is 36.5. The van der Waals surface area contributed by atoms with Crippen molar-refractivity contribution in [3.05, 3.63) is 64.7 Å². The van der Waals surface area contributed by atoms with E-state index in [9.17, 15) is 49.5 Å². The lowest BCUT2D eigenvalue weighted by molar-refractivity contribution is -0.158. The molecule has 1 aliphatic carbocycles. The number of benzene rings is 2. The maximum absolute atomic E-state index is 13.9. The van der Waals surface area contributed by atoms with Crippen LogP contribution in [0.25, 0.3) is 0 Å². The second-order valence-electron chi connectivity index (χ2n) is 13.1. The van der Waals surface area contributed by atoms with Gasteiger partial charge in [0.2, 0.25) is 15.9 Å². The van der Waals surface area contributed by atoms with Crippen molar-refractivity contribution in [3.8, 4) is 0 Å². The fourth-order valence-corrected chi connectivity index (χ4v) is 7.35. The number of rotatable bonds is 8. The number of hydrogen-bond acceptors (Lipinski definition) is 5. The molecular formula is C31H38F6N4O5S. The first-order valence-corrected chi connectivity index (χ1v) is 16.5. The highest BCUT2D eigenvalue weighted by molar-refractivity contribution is 7.89. The number of fused-ring (bicyclic) bond motifs is 1. The molecule has 47 heavy (non-hydrogen) atoms. The van der Waals surface area contributed by atoms with Gasteiger partial charge in [0.05, 0.1) is 29.0 Å². The molecule has 16 heteroatoms. The van der Waals surface area contributed by atoms with Crippen molar-refractivity contribution in [2.24, 2.45) is 5.41 Å². The Bertz CT molecular complexity index is 1580. The van der Waals surface area contributed by atoms with Crippen molar-refractivity contribution in [2.75, 3.05) is 19.6 Å². The predicted molar refractivity (Wildman–Crippen MR) is 160 cm³/mol. The summed E-state index contributed by atoms with van der Waals surface area (Å²) in [4.78, 5) is 27.3. The van der Waals surface area contributed by atoms with Crippen LogP contribution in [0.1, 0.15) is 68.3 Å². The molecule has 1 saturated heterocycles. The highest BCUT2D eigenvalue weighted by Gasteiger charge is 2.44. The van der Waals surface area contributed by atoms with Gasteiger partial charge < -0.3 is 15.3 Å². The SMILES string of the molecule is CC(C)(C)C1CN(Cc2ccc3c(c2)CCC[C@H]3NC(=O)C[C@@H](NS(=O)(=O)c2cccc(C(F)(F)F)c2)C(F)(F)F)CCN1C(=O)O. The van der Waals surface area contributed by atoms with Gasteiger partial charge in [-0.15, -0.1) is 0 Å². The third-order valence-corrected chi connectivity index (χ3v) is 10.00. The number of piperazine rings is 1. The van der Waals surface area contributed by atoms with E-state index in [2.05, 4.69) is 10.2 Å². The number of hydrogen-bond donors (Lipinski definition) is 3. The highest BCUT2D eigenvalue weighted by atomic mass is 32.2. The van der Waals surface area contributed by atoms with Crippen LogP contribution in [0.15, 0.2) is 47.4 Å². The van der Waals surface area contributed by atoms with E-state index >= 15 is 0 Å². The average Bonchev–Trinajstić information content (AvgIpc) is 2.95. The van der Waals surface area contributed by atoms with E-state index in [0.717, 1.165) is 28.8 Å². The minimum absolute atomic E-state index is 0.207. The van der Waals surface area contributed by atoms with Crippen molar-refractivity contribution in [2.45, 2.75) is 88.4 Å². The van der Waals surface area contributed by atoms with Crippen molar-refractivity contribution < 1.29 is 49.5 Å². The third kappa shape index (κ3) is 9.16. The summed E-state index contributed by atoms with van der Waals surface area (Å²) in [5.74, 6) is -1.08. The topological polar surface area (TPSA) is 119 Å². The van der Waals surface area contributed by atoms with Gasteiger partial charge in [0.1, 0.15) is 6.04 Å². The Hall–Kier alpha value is -3.37. The number of halogens is 6. The van der Waals surface area contributed by atoms with Crippen LogP contribution in [0.5, 0.6) is 0 Å². The van der Waals surface area contributed by atoms with Crippen molar-refractivity contribution in [1.29, 1.82) is 0 Å². The molecular weight excluding hydrogens is 654 g/mol. The number of nitrogens with zero attached hydrogens (tertiary/aromatic N) is 2. The zero-order valence-electron chi connectivity index (χ0n) is 26.1. The second kappa shape index (κ2) is 13.6. The maximum atomic E-state index is 13.9. The van der Waals surface area contributed by atoms with E-state index in [-0.39, 0.29) is 17.5 Å². The Balaban J connectivity index is 1.44. The van der Waals surface area contributed by atoms with Gasteiger partial charge in [0.15, 0.2) is 0 Å². The molecule has 2 aromatic carbocycles. The Morgan fingerprint density at radius 1 is 1.02 bits per heavy atom. The summed E-state index contributed by atoms with van der Waals surface area (Å²) in [7, 11) is -5.07.